The van der Waals surface area contributed by atoms with Crippen LogP contribution in [0.3, 0.4) is 0 Å². The van der Waals surface area contributed by atoms with Gasteiger partial charge in [-0.25, -0.2) is 0 Å². The van der Waals surface area contributed by atoms with E-state index in [1.165, 1.54) is 0 Å². The predicted octanol–water partition coefficient (Wildman–Crippen LogP) is 0.342. The summed E-state index contributed by atoms with van der Waals surface area (Å²) in [5.41, 5.74) is 6.63. The Balaban J connectivity index is 2.65. The van der Waals surface area contributed by atoms with E-state index in [1.54, 1.807) is 13.3 Å². The van der Waals surface area contributed by atoms with Crippen molar-refractivity contribution >= 4 is 0 Å². The monoisotopic (exact) mass is 196 g/mol. The summed E-state index contributed by atoms with van der Waals surface area (Å²) in [6, 6.07) is 3.61. The zero-order valence-corrected chi connectivity index (χ0v) is 8.31. The molecule has 0 bridgehead atoms. The van der Waals surface area contributed by atoms with Crippen molar-refractivity contribution in [1.82, 2.24) is 4.98 Å². The van der Waals surface area contributed by atoms with Crippen molar-refractivity contribution in [2.75, 3.05) is 13.7 Å². The molecular formula is C10H16N2O2. The van der Waals surface area contributed by atoms with Crippen LogP contribution in [0.1, 0.15) is 12.1 Å². The first-order valence-electron chi connectivity index (χ1n) is 4.62. The number of hydrogen-bond donors (Lipinski definition) is 2. The molecule has 0 aliphatic rings. The lowest BCUT2D eigenvalue weighted by atomic mass is 10.1. The third kappa shape index (κ3) is 2.97. The average molecular weight is 196 g/mol. The van der Waals surface area contributed by atoms with Gasteiger partial charge >= 0.3 is 0 Å². The zero-order chi connectivity index (χ0) is 10.4. The zero-order valence-electron chi connectivity index (χ0n) is 8.31. The molecule has 0 fully saturated rings. The Bertz CT molecular complexity index is 279. The van der Waals surface area contributed by atoms with Crippen LogP contribution >= 0.6 is 0 Å². The molecule has 0 saturated carbocycles. The molecule has 1 aromatic heterocycles. The second kappa shape index (κ2) is 5.57. The fourth-order valence-corrected chi connectivity index (χ4v) is 1.28. The van der Waals surface area contributed by atoms with Crippen molar-refractivity contribution in [3.63, 3.8) is 0 Å². The van der Waals surface area contributed by atoms with Crippen molar-refractivity contribution < 1.29 is 9.84 Å². The molecule has 0 saturated heterocycles. The van der Waals surface area contributed by atoms with Crippen molar-refractivity contribution in [2.45, 2.75) is 18.9 Å². The Morgan fingerprint density at radius 3 is 3.07 bits per heavy atom. The molecule has 1 heterocycles. The summed E-state index contributed by atoms with van der Waals surface area (Å²) in [5, 5.41) is 8.71. The number of rotatable bonds is 5. The molecule has 1 atom stereocenters. The molecule has 4 heteroatoms. The van der Waals surface area contributed by atoms with E-state index < -0.39 is 0 Å². The first-order chi connectivity index (χ1) is 6.77. The van der Waals surface area contributed by atoms with Gasteiger partial charge in [-0.2, -0.15) is 0 Å². The van der Waals surface area contributed by atoms with Gasteiger partial charge in [-0.15, -0.1) is 0 Å². The Morgan fingerprint density at radius 2 is 2.43 bits per heavy atom. The molecule has 0 spiro atoms. The van der Waals surface area contributed by atoms with Crippen LogP contribution in [0.2, 0.25) is 0 Å². The molecule has 0 aromatic carbocycles. The third-order valence-corrected chi connectivity index (χ3v) is 2.02. The van der Waals surface area contributed by atoms with Crippen molar-refractivity contribution in [3.05, 3.63) is 24.0 Å². The molecular weight excluding hydrogens is 180 g/mol. The maximum absolute atomic E-state index is 8.71. The predicted molar refractivity (Wildman–Crippen MR) is 54.2 cm³/mol. The van der Waals surface area contributed by atoms with E-state index in [-0.39, 0.29) is 12.6 Å². The Morgan fingerprint density at radius 1 is 1.64 bits per heavy atom. The van der Waals surface area contributed by atoms with Crippen molar-refractivity contribution in [3.8, 4) is 5.75 Å². The number of aliphatic hydroxyl groups excluding tert-OH is 1. The smallest absolute Gasteiger partial charge is 0.140 e. The molecule has 1 unspecified atom stereocenters. The summed E-state index contributed by atoms with van der Waals surface area (Å²) < 4.78 is 5.14. The van der Waals surface area contributed by atoms with Crippen molar-refractivity contribution in [2.24, 2.45) is 5.73 Å². The van der Waals surface area contributed by atoms with Gasteiger partial charge < -0.3 is 15.6 Å². The van der Waals surface area contributed by atoms with Gasteiger partial charge in [0.2, 0.25) is 0 Å². The molecule has 0 amide bonds. The summed E-state index contributed by atoms with van der Waals surface area (Å²) in [7, 11) is 1.61. The molecule has 0 aliphatic heterocycles. The number of aliphatic hydroxyl groups is 1. The third-order valence-electron chi connectivity index (χ3n) is 2.02. The van der Waals surface area contributed by atoms with E-state index in [9.17, 15) is 0 Å². The number of aromatic nitrogens is 1. The summed E-state index contributed by atoms with van der Waals surface area (Å²) in [6.07, 6.45) is 2.92. The topological polar surface area (TPSA) is 68.4 Å². The molecule has 1 rings (SSSR count). The van der Waals surface area contributed by atoms with E-state index in [4.69, 9.17) is 15.6 Å². The minimum atomic E-state index is -0.0659. The van der Waals surface area contributed by atoms with Gasteiger partial charge in [0, 0.05) is 25.3 Å². The average Bonchev–Trinajstić information content (AvgIpc) is 2.19. The normalized spacial score (nSPS) is 12.5. The van der Waals surface area contributed by atoms with Crippen LogP contribution in [0.5, 0.6) is 5.75 Å². The van der Waals surface area contributed by atoms with E-state index in [2.05, 4.69) is 4.98 Å². The number of nitrogens with zero attached hydrogens (tertiary/aromatic N) is 1. The Hall–Kier alpha value is -1.13. The van der Waals surface area contributed by atoms with Gasteiger partial charge in [0.15, 0.2) is 0 Å². The summed E-state index contributed by atoms with van der Waals surface area (Å²) in [5.74, 6) is 0.751. The van der Waals surface area contributed by atoms with Crippen LogP contribution < -0.4 is 10.5 Å². The highest BCUT2D eigenvalue weighted by Gasteiger charge is 2.08. The highest BCUT2D eigenvalue weighted by atomic mass is 16.5. The summed E-state index contributed by atoms with van der Waals surface area (Å²) in [6.45, 7) is 0.107. The van der Waals surface area contributed by atoms with Gasteiger partial charge in [0.1, 0.15) is 5.75 Å². The minimum Gasteiger partial charge on any atom is -0.495 e. The van der Waals surface area contributed by atoms with E-state index >= 15 is 0 Å². The fraction of sp³-hybridized carbons (Fsp3) is 0.500. The van der Waals surface area contributed by atoms with Crippen LogP contribution in [0.15, 0.2) is 18.3 Å². The summed E-state index contributed by atoms with van der Waals surface area (Å²) >= 11 is 0. The van der Waals surface area contributed by atoms with Gasteiger partial charge in [0.25, 0.3) is 0 Å². The molecule has 0 aliphatic carbocycles. The maximum atomic E-state index is 8.71. The highest BCUT2D eigenvalue weighted by molar-refractivity contribution is 5.27. The fourth-order valence-electron chi connectivity index (χ4n) is 1.28. The second-order valence-electron chi connectivity index (χ2n) is 3.13. The van der Waals surface area contributed by atoms with Gasteiger partial charge in [0.05, 0.1) is 12.8 Å². The number of nitrogens with two attached hydrogens (primary N) is 1. The van der Waals surface area contributed by atoms with Crippen LogP contribution in [0, 0.1) is 0 Å². The lowest BCUT2D eigenvalue weighted by Crippen LogP contribution is -2.24. The van der Waals surface area contributed by atoms with Crippen LogP contribution in [-0.4, -0.2) is 29.8 Å². The number of ether oxygens (including phenoxy) is 1. The number of methoxy groups -OCH3 is 1. The quantitative estimate of drug-likeness (QED) is 0.712. The summed E-state index contributed by atoms with van der Waals surface area (Å²) in [4.78, 5) is 4.19. The maximum Gasteiger partial charge on any atom is 0.140 e. The Labute approximate surface area is 83.7 Å². The van der Waals surface area contributed by atoms with E-state index in [1.807, 2.05) is 12.1 Å². The van der Waals surface area contributed by atoms with Gasteiger partial charge in [-0.3, -0.25) is 4.98 Å². The van der Waals surface area contributed by atoms with Crippen LogP contribution in [-0.2, 0) is 6.42 Å². The Kier molecular flexibility index (Phi) is 4.35. The number of pyridine rings is 1. The number of hydrogen-bond acceptors (Lipinski definition) is 4. The lowest BCUT2D eigenvalue weighted by Gasteiger charge is -2.11. The molecule has 3 N–H and O–H groups in total. The standard InChI is InChI=1S/C10H16N2O2/c1-14-10-3-2-5-12-9(10)7-8(11)4-6-13/h2-3,5,8,13H,4,6-7,11H2,1H3. The van der Waals surface area contributed by atoms with Crippen LogP contribution in [0.4, 0.5) is 0 Å². The minimum absolute atomic E-state index is 0.0659. The largest absolute Gasteiger partial charge is 0.495 e. The molecule has 14 heavy (non-hydrogen) atoms. The molecule has 0 radical (unpaired) electrons. The molecule has 4 nitrogen and oxygen atoms in total. The lowest BCUT2D eigenvalue weighted by molar-refractivity contribution is 0.274. The van der Waals surface area contributed by atoms with E-state index in [0.717, 1.165) is 11.4 Å². The van der Waals surface area contributed by atoms with E-state index in [0.29, 0.717) is 12.8 Å². The van der Waals surface area contributed by atoms with Gasteiger partial charge in [-0.05, 0) is 18.6 Å². The second-order valence-corrected chi connectivity index (χ2v) is 3.13. The first kappa shape index (κ1) is 10.9. The van der Waals surface area contributed by atoms with Gasteiger partial charge in [-0.1, -0.05) is 0 Å². The molecule has 1 aromatic rings. The van der Waals surface area contributed by atoms with Crippen LogP contribution in [0.25, 0.3) is 0 Å². The van der Waals surface area contributed by atoms with Crippen molar-refractivity contribution in [1.29, 1.82) is 0 Å². The first-order valence-corrected chi connectivity index (χ1v) is 4.62. The highest BCUT2D eigenvalue weighted by Crippen LogP contribution is 2.16. The SMILES string of the molecule is COc1cccnc1CC(N)CCO. The molecule has 78 valence electrons.